The van der Waals surface area contributed by atoms with E-state index in [0.717, 1.165) is 32.0 Å². The second-order valence-corrected chi connectivity index (χ2v) is 5.58. The fourth-order valence-corrected chi connectivity index (χ4v) is 2.00. The van der Waals surface area contributed by atoms with Gasteiger partial charge in [0.2, 0.25) is 0 Å². The molecule has 1 nitrogen and oxygen atoms in total. The first-order valence-electron chi connectivity index (χ1n) is 6.59. The van der Waals surface area contributed by atoms with Crippen LogP contribution in [0.1, 0.15) is 39.2 Å². The summed E-state index contributed by atoms with van der Waals surface area (Å²) in [6.07, 6.45) is 2.73. The van der Waals surface area contributed by atoms with Gasteiger partial charge in [0.15, 0.2) is 0 Å². The summed E-state index contributed by atoms with van der Waals surface area (Å²) in [5, 5.41) is 3.35. The zero-order valence-electron chi connectivity index (χ0n) is 11.5. The molecule has 0 saturated carbocycles. The van der Waals surface area contributed by atoms with Gasteiger partial charge in [0.1, 0.15) is 11.6 Å². The van der Waals surface area contributed by atoms with E-state index in [1.165, 1.54) is 6.07 Å². The van der Waals surface area contributed by atoms with Crippen molar-refractivity contribution in [2.75, 3.05) is 13.1 Å². The van der Waals surface area contributed by atoms with E-state index in [9.17, 15) is 8.78 Å². The molecular weight excluding hydrogens is 232 g/mol. The van der Waals surface area contributed by atoms with Crippen LogP contribution >= 0.6 is 0 Å². The highest BCUT2D eigenvalue weighted by Gasteiger charge is 2.20. The Labute approximate surface area is 109 Å². The minimum absolute atomic E-state index is 0.0133. The minimum Gasteiger partial charge on any atom is -0.317 e. The molecule has 0 atom stereocenters. The van der Waals surface area contributed by atoms with E-state index in [1.54, 1.807) is 6.07 Å². The maximum Gasteiger partial charge on any atom is 0.129 e. The van der Waals surface area contributed by atoms with Crippen LogP contribution in [0, 0.1) is 17.0 Å². The Morgan fingerprint density at radius 3 is 2.50 bits per heavy atom. The van der Waals surface area contributed by atoms with Crippen molar-refractivity contribution in [2.24, 2.45) is 5.41 Å². The number of nitrogens with one attached hydrogen (secondary N) is 1. The van der Waals surface area contributed by atoms with Crippen LogP contribution in [0.25, 0.3) is 0 Å². The molecule has 1 rings (SSSR count). The molecule has 102 valence electrons. The van der Waals surface area contributed by atoms with Gasteiger partial charge < -0.3 is 5.32 Å². The lowest BCUT2D eigenvalue weighted by molar-refractivity contribution is 0.321. The molecule has 0 aliphatic rings. The van der Waals surface area contributed by atoms with Crippen molar-refractivity contribution < 1.29 is 8.78 Å². The molecule has 3 heteroatoms. The maximum atomic E-state index is 13.6. The molecule has 0 aliphatic carbocycles. The van der Waals surface area contributed by atoms with E-state index < -0.39 is 11.6 Å². The van der Waals surface area contributed by atoms with Crippen LogP contribution in [-0.2, 0) is 6.42 Å². The van der Waals surface area contributed by atoms with Crippen molar-refractivity contribution in [3.05, 3.63) is 35.4 Å². The van der Waals surface area contributed by atoms with Crippen LogP contribution in [0.2, 0.25) is 0 Å². The fraction of sp³-hybridized carbons (Fsp3) is 0.600. The van der Waals surface area contributed by atoms with Crippen LogP contribution in [0.15, 0.2) is 18.2 Å². The Hall–Kier alpha value is -0.960. The Kier molecular flexibility index (Phi) is 5.73. The van der Waals surface area contributed by atoms with Gasteiger partial charge in [0.25, 0.3) is 0 Å². The Morgan fingerprint density at radius 1 is 1.17 bits per heavy atom. The van der Waals surface area contributed by atoms with Gasteiger partial charge >= 0.3 is 0 Å². The second-order valence-electron chi connectivity index (χ2n) is 5.58. The first-order chi connectivity index (χ1) is 8.44. The van der Waals surface area contributed by atoms with Crippen LogP contribution in [0.3, 0.4) is 0 Å². The molecule has 1 N–H and O–H groups in total. The molecule has 0 unspecified atom stereocenters. The molecule has 0 saturated heterocycles. The number of rotatable bonds is 7. The first-order valence-corrected chi connectivity index (χ1v) is 6.59. The van der Waals surface area contributed by atoms with Gasteiger partial charge in [-0.15, -0.1) is 0 Å². The summed E-state index contributed by atoms with van der Waals surface area (Å²) in [6.45, 7) is 8.31. The van der Waals surface area contributed by atoms with Crippen molar-refractivity contribution in [3.8, 4) is 0 Å². The third-order valence-corrected chi connectivity index (χ3v) is 3.09. The normalized spacial score (nSPS) is 11.8. The highest BCUT2D eigenvalue weighted by molar-refractivity contribution is 5.19. The average Bonchev–Trinajstić information content (AvgIpc) is 2.28. The zero-order chi connectivity index (χ0) is 13.6. The maximum absolute atomic E-state index is 13.6. The van der Waals surface area contributed by atoms with Crippen molar-refractivity contribution >= 4 is 0 Å². The summed E-state index contributed by atoms with van der Waals surface area (Å²) >= 11 is 0. The number of benzene rings is 1. The molecule has 0 radical (unpaired) electrons. The van der Waals surface area contributed by atoms with Crippen LogP contribution in [-0.4, -0.2) is 13.1 Å². The van der Waals surface area contributed by atoms with Gasteiger partial charge in [0.05, 0.1) is 0 Å². The SMILES string of the molecule is CCCNCCC(C)(C)Cc1ccc(F)cc1F. The molecular formula is C15H23F2N. The number of hydrogen-bond acceptors (Lipinski definition) is 1. The van der Waals surface area contributed by atoms with Gasteiger partial charge in [-0.1, -0.05) is 26.8 Å². The van der Waals surface area contributed by atoms with E-state index in [4.69, 9.17) is 0 Å². The molecule has 0 heterocycles. The Morgan fingerprint density at radius 2 is 1.89 bits per heavy atom. The third kappa shape index (κ3) is 5.13. The van der Waals surface area contributed by atoms with Gasteiger partial charge in [-0.05, 0) is 49.4 Å². The first kappa shape index (κ1) is 15.1. The van der Waals surface area contributed by atoms with E-state index in [0.29, 0.717) is 12.0 Å². The summed E-state index contributed by atoms with van der Waals surface area (Å²) in [5.74, 6) is -0.955. The fourth-order valence-electron chi connectivity index (χ4n) is 2.00. The van der Waals surface area contributed by atoms with Crippen LogP contribution in [0.5, 0.6) is 0 Å². The molecule has 1 aromatic carbocycles. The quantitative estimate of drug-likeness (QED) is 0.728. The van der Waals surface area contributed by atoms with Gasteiger partial charge in [-0.3, -0.25) is 0 Å². The third-order valence-electron chi connectivity index (χ3n) is 3.09. The topological polar surface area (TPSA) is 12.0 Å². The Bertz CT molecular complexity index is 375. The van der Waals surface area contributed by atoms with Crippen molar-refractivity contribution in [1.82, 2.24) is 5.32 Å². The zero-order valence-corrected chi connectivity index (χ0v) is 11.5. The van der Waals surface area contributed by atoms with E-state index in [1.807, 2.05) is 0 Å². The molecule has 0 spiro atoms. The molecule has 0 fully saturated rings. The number of halogens is 2. The van der Waals surface area contributed by atoms with Gasteiger partial charge in [0, 0.05) is 6.07 Å². The lowest BCUT2D eigenvalue weighted by Crippen LogP contribution is -2.24. The van der Waals surface area contributed by atoms with Crippen LogP contribution in [0.4, 0.5) is 8.78 Å². The van der Waals surface area contributed by atoms with Crippen LogP contribution < -0.4 is 5.32 Å². The summed E-state index contributed by atoms with van der Waals surface area (Å²) in [4.78, 5) is 0. The van der Waals surface area contributed by atoms with E-state index in [-0.39, 0.29) is 5.41 Å². The number of hydrogen-bond donors (Lipinski definition) is 1. The summed E-state index contributed by atoms with van der Waals surface area (Å²) in [7, 11) is 0. The molecule has 18 heavy (non-hydrogen) atoms. The smallest absolute Gasteiger partial charge is 0.129 e. The minimum atomic E-state index is -0.515. The highest BCUT2D eigenvalue weighted by Crippen LogP contribution is 2.27. The second kappa shape index (κ2) is 6.83. The largest absolute Gasteiger partial charge is 0.317 e. The predicted molar refractivity (Wildman–Crippen MR) is 71.6 cm³/mol. The molecule has 0 aromatic heterocycles. The monoisotopic (exact) mass is 255 g/mol. The Balaban J connectivity index is 2.53. The van der Waals surface area contributed by atoms with Crippen molar-refractivity contribution in [3.63, 3.8) is 0 Å². The molecule has 0 aliphatic heterocycles. The van der Waals surface area contributed by atoms with E-state index in [2.05, 4.69) is 26.1 Å². The lowest BCUT2D eigenvalue weighted by atomic mass is 9.82. The van der Waals surface area contributed by atoms with Gasteiger partial charge in [-0.2, -0.15) is 0 Å². The standard InChI is InChI=1S/C15H23F2N/c1-4-8-18-9-7-15(2,3)11-12-5-6-13(16)10-14(12)17/h5-6,10,18H,4,7-9,11H2,1-3H3. The van der Waals surface area contributed by atoms with Gasteiger partial charge in [-0.25, -0.2) is 8.78 Å². The van der Waals surface area contributed by atoms with E-state index >= 15 is 0 Å². The average molecular weight is 255 g/mol. The highest BCUT2D eigenvalue weighted by atomic mass is 19.1. The molecule has 0 bridgehead atoms. The summed E-state index contributed by atoms with van der Waals surface area (Å²) in [6, 6.07) is 3.83. The lowest BCUT2D eigenvalue weighted by Gasteiger charge is -2.25. The predicted octanol–water partition coefficient (Wildman–Crippen LogP) is 3.92. The van der Waals surface area contributed by atoms with Crippen molar-refractivity contribution in [2.45, 2.75) is 40.0 Å². The van der Waals surface area contributed by atoms with Crippen molar-refractivity contribution in [1.29, 1.82) is 0 Å². The summed E-state index contributed by atoms with van der Waals surface area (Å²) < 4.78 is 26.4. The molecule has 1 aromatic rings. The molecule has 0 amide bonds. The summed E-state index contributed by atoms with van der Waals surface area (Å²) in [5.41, 5.74) is 0.608.